The van der Waals surface area contributed by atoms with E-state index in [4.69, 9.17) is 9.47 Å². The Kier molecular flexibility index (Phi) is 4.28. The first-order chi connectivity index (χ1) is 12.6. The van der Waals surface area contributed by atoms with Crippen LogP contribution in [0, 0.1) is 0 Å². The molecule has 0 N–H and O–H groups in total. The number of aryl methyl sites for hydroxylation is 1. The van der Waals surface area contributed by atoms with Crippen LogP contribution in [-0.4, -0.2) is 59.2 Å². The van der Waals surface area contributed by atoms with E-state index in [0.717, 1.165) is 6.42 Å². The van der Waals surface area contributed by atoms with Crippen molar-refractivity contribution in [2.24, 2.45) is 7.05 Å². The first-order valence-corrected chi connectivity index (χ1v) is 8.72. The summed E-state index contributed by atoms with van der Waals surface area (Å²) in [6, 6.07) is 7.07. The fourth-order valence-corrected chi connectivity index (χ4v) is 3.35. The van der Waals surface area contributed by atoms with Crippen molar-refractivity contribution in [3.63, 3.8) is 0 Å². The largest absolute Gasteiger partial charge is 0.454 e. The predicted octanol–water partition coefficient (Wildman–Crippen LogP) is 1.74. The summed E-state index contributed by atoms with van der Waals surface area (Å²) in [4.78, 5) is 29.1. The molecule has 1 fully saturated rings. The van der Waals surface area contributed by atoms with Gasteiger partial charge in [0.15, 0.2) is 11.5 Å². The van der Waals surface area contributed by atoms with Crippen molar-refractivity contribution in [1.82, 2.24) is 14.4 Å². The second-order valence-electron chi connectivity index (χ2n) is 6.57. The van der Waals surface area contributed by atoms with Crippen LogP contribution >= 0.6 is 0 Å². The molecule has 4 rings (SSSR count). The lowest BCUT2D eigenvalue weighted by molar-refractivity contribution is 0.0718. The highest BCUT2D eigenvalue weighted by atomic mass is 16.7. The van der Waals surface area contributed by atoms with E-state index in [9.17, 15) is 9.59 Å². The minimum Gasteiger partial charge on any atom is -0.454 e. The molecule has 7 heteroatoms. The highest BCUT2D eigenvalue weighted by molar-refractivity contribution is 5.96. The van der Waals surface area contributed by atoms with Crippen LogP contribution < -0.4 is 9.47 Å². The Morgan fingerprint density at radius 3 is 2.27 bits per heavy atom. The average molecular weight is 355 g/mol. The minimum atomic E-state index is -0.0442. The Bertz CT molecular complexity index is 845. The van der Waals surface area contributed by atoms with E-state index in [-0.39, 0.29) is 18.6 Å². The molecule has 1 saturated heterocycles. The molecule has 7 nitrogen and oxygen atoms in total. The van der Waals surface area contributed by atoms with E-state index in [0.29, 0.717) is 48.8 Å². The third-order valence-corrected chi connectivity index (χ3v) is 4.77. The molecule has 1 aromatic heterocycles. The standard InChI is InChI=1S/C19H21N3O4/c1-20-8-5-15(12-20)19(24)22-7-2-6-21(9-10-22)18(23)14-3-4-16-17(11-14)26-13-25-16/h3-5,8,11-12H,2,6-7,9-10,13H2,1H3. The maximum absolute atomic E-state index is 12.8. The molecule has 2 amide bonds. The quantitative estimate of drug-likeness (QED) is 0.823. The summed E-state index contributed by atoms with van der Waals surface area (Å²) < 4.78 is 12.5. The number of hydrogen-bond acceptors (Lipinski definition) is 4. The number of hydrogen-bond donors (Lipinski definition) is 0. The van der Waals surface area contributed by atoms with Crippen LogP contribution in [0.3, 0.4) is 0 Å². The molecule has 2 aliphatic rings. The van der Waals surface area contributed by atoms with Crippen molar-refractivity contribution < 1.29 is 19.1 Å². The van der Waals surface area contributed by atoms with E-state index >= 15 is 0 Å². The third kappa shape index (κ3) is 3.12. The summed E-state index contributed by atoms with van der Waals surface area (Å²) in [7, 11) is 1.89. The zero-order valence-corrected chi connectivity index (χ0v) is 14.7. The summed E-state index contributed by atoms with van der Waals surface area (Å²) in [5.74, 6) is 1.24. The van der Waals surface area contributed by atoms with Gasteiger partial charge in [-0.05, 0) is 30.7 Å². The lowest BCUT2D eigenvalue weighted by Gasteiger charge is -2.22. The number of amides is 2. The number of benzene rings is 1. The molecule has 0 bridgehead atoms. The molecular formula is C19H21N3O4. The van der Waals surface area contributed by atoms with Crippen molar-refractivity contribution in [2.75, 3.05) is 33.0 Å². The van der Waals surface area contributed by atoms with Gasteiger partial charge < -0.3 is 23.8 Å². The Hall–Kier alpha value is -2.96. The van der Waals surface area contributed by atoms with Crippen molar-refractivity contribution in [1.29, 1.82) is 0 Å². The Balaban J connectivity index is 1.43. The van der Waals surface area contributed by atoms with Crippen molar-refractivity contribution in [2.45, 2.75) is 6.42 Å². The van der Waals surface area contributed by atoms with E-state index in [1.807, 2.05) is 35.0 Å². The fourth-order valence-electron chi connectivity index (χ4n) is 3.35. The predicted molar refractivity (Wildman–Crippen MR) is 94.4 cm³/mol. The average Bonchev–Trinajstić information content (AvgIpc) is 3.22. The van der Waals surface area contributed by atoms with E-state index in [1.54, 1.807) is 23.1 Å². The smallest absolute Gasteiger partial charge is 0.255 e. The molecule has 2 aliphatic heterocycles. The lowest BCUT2D eigenvalue weighted by Crippen LogP contribution is -2.37. The molecule has 0 saturated carbocycles. The highest BCUT2D eigenvalue weighted by Gasteiger charge is 2.25. The summed E-state index contributed by atoms with van der Waals surface area (Å²) >= 11 is 0. The number of fused-ring (bicyclic) bond motifs is 1. The number of ether oxygens (including phenoxy) is 2. The van der Waals surface area contributed by atoms with Gasteiger partial charge >= 0.3 is 0 Å². The summed E-state index contributed by atoms with van der Waals surface area (Å²) in [5, 5.41) is 0. The number of aromatic nitrogens is 1. The zero-order valence-electron chi connectivity index (χ0n) is 14.7. The Morgan fingerprint density at radius 1 is 0.885 bits per heavy atom. The van der Waals surface area contributed by atoms with Gasteiger partial charge in [-0.2, -0.15) is 0 Å². The van der Waals surface area contributed by atoms with Gasteiger partial charge in [-0.15, -0.1) is 0 Å². The van der Waals surface area contributed by atoms with Crippen molar-refractivity contribution in [3.05, 3.63) is 47.8 Å². The van der Waals surface area contributed by atoms with Crippen LogP contribution in [0.5, 0.6) is 11.5 Å². The molecule has 0 aliphatic carbocycles. The maximum Gasteiger partial charge on any atom is 0.255 e. The second kappa shape index (κ2) is 6.74. The Labute approximate surface area is 151 Å². The topological polar surface area (TPSA) is 64.0 Å². The van der Waals surface area contributed by atoms with Gasteiger partial charge in [0.2, 0.25) is 6.79 Å². The summed E-state index contributed by atoms with van der Waals surface area (Å²) in [6.45, 7) is 2.52. The highest BCUT2D eigenvalue weighted by Crippen LogP contribution is 2.32. The molecule has 0 spiro atoms. The molecule has 3 heterocycles. The van der Waals surface area contributed by atoms with Crippen LogP contribution in [0.1, 0.15) is 27.1 Å². The van der Waals surface area contributed by atoms with Gasteiger partial charge in [-0.25, -0.2) is 0 Å². The molecular weight excluding hydrogens is 334 g/mol. The minimum absolute atomic E-state index is 0.0166. The van der Waals surface area contributed by atoms with Crippen LogP contribution in [0.4, 0.5) is 0 Å². The second-order valence-corrected chi connectivity index (χ2v) is 6.57. The molecule has 26 heavy (non-hydrogen) atoms. The first kappa shape index (κ1) is 16.5. The van der Waals surface area contributed by atoms with Gasteiger partial charge in [-0.3, -0.25) is 9.59 Å². The van der Waals surface area contributed by atoms with Crippen LogP contribution in [0.25, 0.3) is 0 Å². The summed E-state index contributed by atoms with van der Waals surface area (Å²) in [5.41, 5.74) is 1.26. The number of carbonyl (C=O) groups excluding carboxylic acids is 2. The van der Waals surface area contributed by atoms with Crippen LogP contribution in [-0.2, 0) is 7.05 Å². The number of rotatable bonds is 2. The third-order valence-electron chi connectivity index (χ3n) is 4.77. The van der Waals surface area contributed by atoms with Gasteiger partial charge in [-0.1, -0.05) is 0 Å². The molecule has 0 unspecified atom stereocenters. The summed E-state index contributed by atoms with van der Waals surface area (Å²) in [6.07, 6.45) is 4.44. The van der Waals surface area contributed by atoms with Crippen LogP contribution in [0.2, 0.25) is 0 Å². The van der Waals surface area contributed by atoms with E-state index in [1.165, 1.54) is 0 Å². The molecule has 1 aromatic carbocycles. The van der Waals surface area contributed by atoms with Gasteiger partial charge in [0.1, 0.15) is 0 Å². The fraction of sp³-hybridized carbons (Fsp3) is 0.368. The van der Waals surface area contributed by atoms with Crippen molar-refractivity contribution in [3.8, 4) is 11.5 Å². The number of nitrogens with zero attached hydrogens (tertiary/aromatic N) is 3. The van der Waals surface area contributed by atoms with Crippen molar-refractivity contribution >= 4 is 11.8 Å². The number of carbonyl (C=O) groups is 2. The van der Waals surface area contributed by atoms with Gasteiger partial charge in [0.25, 0.3) is 11.8 Å². The lowest BCUT2D eigenvalue weighted by atomic mass is 10.1. The maximum atomic E-state index is 12.8. The molecule has 136 valence electrons. The molecule has 0 radical (unpaired) electrons. The van der Waals surface area contributed by atoms with E-state index in [2.05, 4.69) is 0 Å². The first-order valence-electron chi connectivity index (χ1n) is 8.72. The van der Waals surface area contributed by atoms with Gasteiger partial charge in [0.05, 0.1) is 5.56 Å². The van der Waals surface area contributed by atoms with Gasteiger partial charge in [0, 0.05) is 51.2 Å². The molecule has 0 atom stereocenters. The zero-order chi connectivity index (χ0) is 18.1. The monoisotopic (exact) mass is 355 g/mol. The van der Waals surface area contributed by atoms with Crippen LogP contribution in [0.15, 0.2) is 36.7 Å². The SMILES string of the molecule is Cn1ccc(C(=O)N2CCCN(C(=O)c3ccc4c(c3)OCO4)CC2)c1. The Morgan fingerprint density at radius 2 is 1.58 bits per heavy atom. The van der Waals surface area contributed by atoms with E-state index < -0.39 is 0 Å². The molecule has 2 aromatic rings. The normalized spacial score (nSPS) is 16.5.